The fourth-order valence-corrected chi connectivity index (χ4v) is 7.51. The van der Waals surface area contributed by atoms with Crippen molar-refractivity contribution in [3.05, 3.63) is 109 Å². The van der Waals surface area contributed by atoms with E-state index < -0.39 is 33.8 Å². The van der Waals surface area contributed by atoms with Gasteiger partial charge in [0.1, 0.15) is 11.0 Å². The normalized spacial score (nSPS) is 19.4. The minimum absolute atomic E-state index is 0.155. The summed E-state index contributed by atoms with van der Waals surface area (Å²) in [7, 11) is 0. The van der Waals surface area contributed by atoms with Crippen LogP contribution in [-0.4, -0.2) is 39.5 Å². The number of aromatic amines is 1. The lowest BCUT2D eigenvalue weighted by atomic mass is 9.83. The minimum Gasteiger partial charge on any atom is -0.484 e. The van der Waals surface area contributed by atoms with Crippen LogP contribution in [0.25, 0.3) is 0 Å². The number of para-hydroxylation sites is 1. The maximum atomic E-state index is 13.8. The molecule has 0 saturated carbocycles. The summed E-state index contributed by atoms with van der Waals surface area (Å²) < 4.78 is 5.64. The number of thiazole rings is 1. The largest absolute Gasteiger partial charge is 0.484 e. The zero-order valence-corrected chi connectivity index (χ0v) is 22.6. The van der Waals surface area contributed by atoms with Gasteiger partial charge >= 0.3 is 4.87 Å². The second kappa shape index (κ2) is 10.7. The first-order valence-corrected chi connectivity index (χ1v) is 14.1. The van der Waals surface area contributed by atoms with E-state index in [4.69, 9.17) is 4.74 Å². The van der Waals surface area contributed by atoms with Crippen LogP contribution in [0.1, 0.15) is 16.4 Å². The highest BCUT2D eigenvalue weighted by Gasteiger charge is 2.56. The van der Waals surface area contributed by atoms with Crippen LogP contribution < -0.4 is 19.8 Å². The van der Waals surface area contributed by atoms with E-state index in [-0.39, 0.29) is 28.8 Å². The Labute approximate surface area is 240 Å². The Morgan fingerprint density at radius 2 is 1.68 bits per heavy atom. The van der Waals surface area contributed by atoms with Gasteiger partial charge in [-0.3, -0.25) is 29.3 Å². The van der Waals surface area contributed by atoms with Gasteiger partial charge in [0.25, 0.3) is 11.6 Å². The number of H-pyrrole nitrogens is 1. The van der Waals surface area contributed by atoms with Crippen LogP contribution in [0.15, 0.2) is 88.7 Å². The Balaban J connectivity index is 1.25. The van der Waals surface area contributed by atoms with Crippen LogP contribution in [0.4, 0.5) is 17.1 Å². The van der Waals surface area contributed by atoms with Crippen LogP contribution in [0.2, 0.25) is 0 Å². The molecule has 0 spiro atoms. The van der Waals surface area contributed by atoms with E-state index in [0.717, 1.165) is 28.0 Å². The van der Waals surface area contributed by atoms with E-state index in [2.05, 4.69) is 10.3 Å². The van der Waals surface area contributed by atoms with E-state index in [0.29, 0.717) is 26.9 Å². The highest BCUT2D eigenvalue weighted by atomic mass is 32.2. The number of carbonyl (C=O) groups is 3. The molecule has 0 bridgehead atoms. The summed E-state index contributed by atoms with van der Waals surface area (Å²) in [4.78, 5) is 66.5. The molecule has 13 heteroatoms. The first kappa shape index (κ1) is 26.5. The standard InChI is InChI=1S/C28H20N4O7S2/c33-20(29-16-4-2-1-3-5-16)14-39-19-12-6-15(7-13-19)21-22-24(40-25-23(21)41-28(36)30-25)27(35)31(26(22)34)17-8-10-18(11-9-17)32(37)38/h1-13,21-22,24H,14H2,(H,29,33)(H,30,36)/t21-,22?,24?/m1/s1. The number of non-ortho nitro benzene ring substituents is 1. The second-order valence-electron chi connectivity index (χ2n) is 9.31. The van der Waals surface area contributed by atoms with Gasteiger partial charge < -0.3 is 15.0 Å². The molecule has 3 amide bonds. The second-order valence-corrected chi connectivity index (χ2v) is 11.5. The number of nitrogens with one attached hydrogen (secondary N) is 2. The number of rotatable bonds is 7. The van der Waals surface area contributed by atoms with Crippen molar-refractivity contribution in [1.29, 1.82) is 0 Å². The SMILES string of the molecule is O=C(COc1ccc([C@H]2c3sc(=O)[nH]c3SC3C(=O)N(c4ccc([N+](=O)[O-])cc4)C(=O)C32)cc1)Nc1ccccc1. The van der Waals surface area contributed by atoms with Crippen molar-refractivity contribution >= 4 is 57.9 Å². The zero-order chi connectivity index (χ0) is 28.7. The Kier molecular flexibility index (Phi) is 6.89. The predicted molar refractivity (Wildman–Crippen MR) is 153 cm³/mol. The van der Waals surface area contributed by atoms with Crippen LogP contribution in [0.5, 0.6) is 5.75 Å². The number of fused-ring (bicyclic) bond motifs is 2. The smallest absolute Gasteiger partial charge is 0.305 e. The molecule has 2 unspecified atom stereocenters. The molecule has 4 aromatic rings. The number of imide groups is 1. The number of ether oxygens (including phenoxy) is 1. The molecule has 2 aliphatic heterocycles. The average Bonchev–Trinajstić information content (AvgIpc) is 3.47. The summed E-state index contributed by atoms with van der Waals surface area (Å²) in [5.41, 5.74) is 1.44. The summed E-state index contributed by atoms with van der Waals surface area (Å²) in [6, 6.07) is 21.1. The number of thioether (sulfide) groups is 1. The van der Waals surface area contributed by atoms with Crippen molar-refractivity contribution in [1.82, 2.24) is 4.98 Å². The van der Waals surface area contributed by atoms with E-state index in [1.807, 2.05) is 18.2 Å². The monoisotopic (exact) mass is 588 g/mol. The van der Waals surface area contributed by atoms with Gasteiger partial charge in [-0.1, -0.05) is 53.4 Å². The molecule has 1 aromatic heterocycles. The molecule has 3 heterocycles. The van der Waals surface area contributed by atoms with Crippen LogP contribution in [-0.2, 0) is 14.4 Å². The molecule has 3 atom stereocenters. The number of nitro groups is 1. The molecule has 41 heavy (non-hydrogen) atoms. The van der Waals surface area contributed by atoms with Crippen molar-refractivity contribution in [3.63, 3.8) is 0 Å². The maximum Gasteiger partial charge on any atom is 0.305 e. The van der Waals surface area contributed by atoms with Gasteiger partial charge in [0.15, 0.2) is 6.61 Å². The number of anilines is 2. The predicted octanol–water partition coefficient (Wildman–Crippen LogP) is 4.16. The van der Waals surface area contributed by atoms with Gasteiger partial charge in [-0.2, -0.15) is 0 Å². The van der Waals surface area contributed by atoms with Crippen molar-refractivity contribution in [3.8, 4) is 5.75 Å². The lowest BCUT2D eigenvalue weighted by Gasteiger charge is -2.29. The fraction of sp³-hybridized carbons (Fsp3) is 0.143. The average molecular weight is 589 g/mol. The lowest BCUT2D eigenvalue weighted by Crippen LogP contribution is -2.32. The summed E-state index contributed by atoms with van der Waals surface area (Å²) in [5.74, 6) is -2.18. The van der Waals surface area contributed by atoms with Crippen molar-refractivity contribution in [2.24, 2.45) is 5.92 Å². The first-order valence-electron chi connectivity index (χ1n) is 12.4. The summed E-state index contributed by atoms with van der Waals surface area (Å²) in [6.07, 6.45) is 0. The molecule has 2 N–H and O–H groups in total. The molecule has 206 valence electrons. The van der Waals surface area contributed by atoms with Gasteiger partial charge in [-0.25, -0.2) is 4.90 Å². The van der Waals surface area contributed by atoms with E-state index >= 15 is 0 Å². The van der Waals surface area contributed by atoms with Crippen LogP contribution in [0.3, 0.4) is 0 Å². The highest BCUT2D eigenvalue weighted by Crippen LogP contribution is 2.53. The lowest BCUT2D eigenvalue weighted by molar-refractivity contribution is -0.384. The summed E-state index contributed by atoms with van der Waals surface area (Å²) in [6.45, 7) is -0.209. The summed E-state index contributed by atoms with van der Waals surface area (Å²) >= 11 is 2.14. The van der Waals surface area contributed by atoms with Gasteiger partial charge in [0, 0.05) is 28.6 Å². The van der Waals surface area contributed by atoms with Gasteiger partial charge in [0.2, 0.25) is 11.8 Å². The minimum atomic E-state index is -0.801. The van der Waals surface area contributed by atoms with Crippen LogP contribution >= 0.6 is 23.1 Å². The third-order valence-corrected chi connectivity index (χ3v) is 9.21. The molecule has 3 aromatic carbocycles. The van der Waals surface area contributed by atoms with E-state index in [9.17, 15) is 29.3 Å². The number of hydrogen-bond donors (Lipinski definition) is 2. The van der Waals surface area contributed by atoms with Crippen LogP contribution in [0, 0.1) is 16.0 Å². The maximum absolute atomic E-state index is 13.8. The number of benzene rings is 3. The van der Waals surface area contributed by atoms with Crippen molar-refractivity contribution < 1.29 is 24.0 Å². The molecule has 0 aliphatic carbocycles. The topological polar surface area (TPSA) is 152 Å². The third kappa shape index (κ3) is 5.00. The highest BCUT2D eigenvalue weighted by molar-refractivity contribution is 8.00. The molecule has 1 saturated heterocycles. The molecular weight excluding hydrogens is 568 g/mol. The Bertz CT molecular complexity index is 1720. The fourth-order valence-electron chi connectivity index (χ4n) is 4.99. The Morgan fingerprint density at radius 3 is 2.37 bits per heavy atom. The number of aromatic nitrogens is 1. The number of nitro benzene ring substituents is 1. The number of carbonyl (C=O) groups excluding carboxylic acids is 3. The molecular formula is C28H20N4O7S2. The number of amides is 3. The summed E-state index contributed by atoms with van der Waals surface area (Å²) in [5, 5.41) is 13.5. The molecule has 0 radical (unpaired) electrons. The van der Waals surface area contributed by atoms with Gasteiger partial charge in [-0.05, 0) is 42.0 Å². The third-order valence-electron chi connectivity index (χ3n) is 6.81. The Morgan fingerprint density at radius 1 is 0.976 bits per heavy atom. The van der Waals surface area contributed by atoms with E-state index in [1.165, 1.54) is 24.3 Å². The van der Waals surface area contributed by atoms with E-state index in [1.54, 1.807) is 36.4 Å². The van der Waals surface area contributed by atoms with Crippen molar-refractivity contribution in [2.45, 2.75) is 16.2 Å². The molecule has 6 rings (SSSR count). The number of hydrogen-bond acceptors (Lipinski definition) is 9. The molecule has 2 aliphatic rings. The zero-order valence-electron chi connectivity index (χ0n) is 21.0. The first-order chi connectivity index (χ1) is 19.8. The van der Waals surface area contributed by atoms with Gasteiger partial charge in [-0.15, -0.1) is 0 Å². The van der Waals surface area contributed by atoms with Gasteiger partial charge in [0.05, 0.1) is 21.6 Å². The number of nitrogens with zero attached hydrogens (tertiary/aromatic N) is 2. The van der Waals surface area contributed by atoms with Crippen molar-refractivity contribution in [2.75, 3.05) is 16.8 Å². The molecule has 11 nitrogen and oxygen atoms in total. The Hall–Kier alpha value is -4.75. The quantitative estimate of drug-likeness (QED) is 0.186. The molecule has 1 fully saturated rings.